The Hall–Kier alpha value is -4.46. The molecule has 5 rings (SSSR count). The molecule has 152 valence electrons. The highest BCUT2D eigenvalue weighted by molar-refractivity contribution is 6.08. The van der Waals surface area contributed by atoms with E-state index in [2.05, 4.69) is 20.4 Å². The van der Waals surface area contributed by atoms with Crippen LogP contribution in [0.5, 0.6) is 11.6 Å². The van der Waals surface area contributed by atoms with E-state index in [0.717, 1.165) is 5.56 Å². The van der Waals surface area contributed by atoms with Crippen LogP contribution in [0.3, 0.4) is 0 Å². The molecule has 0 unspecified atom stereocenters. The van der Waals surface area contributed by atoms with Crippen molar-refractivity contribution in [1.29, 1.82) is 0 Å². The number of aromatic amines is 1. The first-order valence-electron chi connectivity index (χ1n) is 9.59. The molecular weight excluding hydrogens is 394 g/mol. The van der Waals surface area contributed by atoms with Gasteiger partial charge in [0.25, 0.3) is 11.5 Å². The van der Waals surface area contributed by atoms with E-state index >= 15 is 0 Å². The molecule has 0 radical (unpaired) electrons. The number of H-pyrrole nitrogens is 1. The van der Waals surface area contributed by atoms with Crippen LogP contribution in [-0.2, 0) is 0 Å². The van der Waals surface area contributed by atoms with E-state index in [1.54, 1.807) is 59.2 Å². The molecule has 0 spiro atoms. The Morgan fingerprint density at radius 2 is 1.84 bits per heavy atom. The molecule has 0 aliphatic rings. The van der Waals surface area contributed by atoms with E-state index in [1.165, 1.54) is 6.20 Å². The largest absolute Gasteiger partial charge is 0.439 e. The van der Waals surface area contributed by atoms with E-state index < -0.39 is 0 Å². The number of anilines is 1. The van der Waals surface area contributed by atoms with Gasteiger partial charge in [-0.15, -0.1) is 0 Å². The SMILES string of the molecule is Cc1ccc(Oc2ccc(NC(=O)c3cnn4c3[nH]c(=O)c3ccccc34)cc2)nc1. The molecule has 0 aliphatic carbocycles. The minimum atomic E-state index is -0.380. The zero-order valence-corrected chi connectivity index (χ0v) is 16.5. The van der Waals surface area contributed by atoms with E-state index in [1.807, 2.05) is 19.1 Å². The second-order valence-corrected chi connectivity index (χ2v) is 7.04. The van der Waals surface area contributed by atoms with Gasteiger partial charge < -0.3 is 15.0 Å². The third kappa shape index (κ3) is 3.51. The predicted octanol–water partition coefficient (Wildman–Crippen LogP) is 3.92. The van der Waals surface area contributed by atoms with E-state index in [9.17, 15) is 9.59 Å². The number of benzene rings is 2. The number of amides is 1. The fourth-order valence-corrected chi connectivity index (χ4v) is 3.28. The summed E-state index contributed by atoms with van der Waals surface area (Å²) >= 11 is 0. The van der Waals surface area contributed by atoms with Crippen molar-refractivity contribution < 1.29 is 9.53 Å². The van der Waals surface area contributed by atoms with Crippen LogP contribution >= 0.6 is 0 Å². The second-order valence-electron chi connectivity index (χ2n) is 7.04. The number of nitrogens with one attached hydrogen (secondary N) is 2. The molecule has 0 saturated heterocycles. The molecule has 2 aromatic carbocycles. The molecule has 0 aliphatic heterocycles. The molecule has 0 atom stereocenters. The number of carbonyl (C=O) groups excluding carboxylic acids is 1. The van der Waals surface area contributed by atoms with E-state index in [4.69, 9.17) is 4.74 Å². The van der Waals surface area contributed by atoms with Crippen molar-refractivity contribution in [2.24, 2.45) is 0 Å². The highest BCUT2D eigenvalue weighted by Gasteiger charge is 2.16. The number of ether oxygens (including phenoxy) is 1. The van der Waals surface area contributed by atoms with Crippen molar-refractivity contribution in [3.63, 3.8) is 0 Å². The molecule has 0 saturated carbocycles. The molecule has 31 heavy (non-hydrogen) atoms. The van der Waals surface area contributed by atoms with Crippen LogP contribution in [0, 0.1) is 6.92 Å². The highest BCUT2D eigenvalue weighted by atomic mass is 16.5. The quantitative estimate of drug-likeness (QED) is 0.467. The Morgan fingerprint density at radius 1 is 1.03 bits per heavy atom. The number of aromatic nitrogens is 4. The Morgan fingerprint density at radius 3 is 2.61 bits per heavy atom. The average Bonchev–Trinajstić information content (AvgIpc) is 3.21. The molecule has 5 aromatic rings. The summed E-state index contributed by atoms with van der Waals surface area (Å²) in [5.74, 6) is 0.709. The Kier molecular flexibility index (Phi) is 4.44. The first-order valence-corrected chi connectivity index (χ1v) is 9.59. The van der Waals surface area contributed by atoms with Gasteiger partial charge in [0.1, 0.15) is 17.0 Å². The number of rotatable bonds is 4. The second kappa shape index (κ2) is 7.42. The number of para-hydroxylation sites is 1. The Bertz CT molecular complexity index is 1470. The lowest BCUT2D eigenvalue weighted by Crippen LogP contribution is -2.15. The van der Waals surface area contributed by atoms with E-state index in [-0.39, 0.29) is 17.0 Å². The van der Waals surface area contributed by atoms with Crippen LogP contribution in [0.1, 0.15) is 15.9 Å². The lowest BCUT2D eigenvalue weighted by Gasteiger charge is -2.07. The standard InChI is InChI=1S/C23H17N5O3/c1-14-6-11-20(24-12-14)31-16-9-7-15(8-10-16)26-23(30)18-13-25-28-19-5-3-2-4-17(19)22(29)27-21(18)28/h2-13H,1H3,(H,26,30)(H,27,29). The van der Waals surface area contributed by atoms with Gasteiger partial charge in [-0.25, -0.2) is 9.50 Å². The summed E-state index contributed by atoms with van der Waals surface area (Å²) in [5, 5.41) is 7.60. The highest BCUT2D eigenvalue weighted by Crippen LogP contribution is 2.22. The fraction of sp³-hybridized carbons (Fsp3) is 0.0435. The van der Waals surface area contributed by atoms with Crippen molar-refractivity contribution in [3.8, 4) is 11.6 Å². The van der Waals surface area contributed by atoms with Gasteiger partial charge in [0.15, 0.2) is 0 Å². The number of aryl methyl sites for hydroxylation is 1. The van der Waals surface area contributed by atoms with Gasteiger partial charge in [0.05, 0.1) is 17.1 Å². The molecule has 3 aromatic heterocycles. The van der Waals surface area contributed by atoms with Crippen LogP contribution in [0.4, 0.5) is 5.69 Å². The minimum absolute atomic E-state index is 0.270. The van der Waals surface area contributed by atoms with Gasteiger partial charge in [0.2, 0.25) is 5.88 Å². The van der Waals surface area contributed by atoms with E-state index in [0.29, 0.717) is 33.9 Å². The van der Waals surface area contributed by atoms with Gasteiger partial charge in [0, 0.05) is 18.0 Å². The monoisotopic (exact) mass is 411 g/mol. The Balaban J connectivity index is 1.38. The first kappa shape index (κ1) is 18.6. The maximum atomic E-state index is 12.8. The topological polar surface area (TPSA) is 101 Å². The molecule has 3 heterocycles. The number of hydrogen-bond donors (Lipinski definition) is 2. The Labute approximate surface area is 176 Å². The minimum Gasteiger partial charge on any atom is -0.439 e. The first-order chi connectivity index (χ1) is 15.1. The van der Waals surface area contributed by atoms with Crippen LogP contribution in [0.25, 0.3) is 16.6 Å². The summed E-state index contributed by atoms with van der Waals surface area (Å²) in [6.45, 7) is 1.95. The summed E-state index contributed by atoms with van der Waals surface area (Å²) in [4.78, 5) is 32.2. The smallest absolute Gasteiger partial charge is 0.261 e. The van der Waals surface area contributed by atoms with Gasteiger partial charge in [-0.05, 0) is 48.9 Å². The summed E-state index contributed by atoms with van der Waals surface area (Å²) in [6, 6.07) is 17.7. The average molecular weight is 411 g/mol. The molecule has 8 nitrogen and oxygen atoms in total. The lowest BCUT2D eigenvalue weighted by molar-refractivity contribution is 0.102. The van der Waals surface area contributed by atoms with Crippen molar-refractivity contribution in [3.05, 3.63) is 94.5 Å². The van der Waals surface area contributed by atoms with Gasteiger partial charge in [-0.3, -0.25) is 9.59 Å². The normalized spacial score (nSPS) is 11.0. The third-order valence-electron chi connectivity index (χ3n) is 4.84. The maximum absolute atomic E-state index is 12.8. The molecule has 2 N–H and O–H groups in total. The molecular formula is C23H17N5O3. The molecule has 0 bridgehead atoms. The lowest BCUT2D eigenvalue weighted by atomic mass is 10.2. The number of hydrogen-bond acceptors (Lipinski definition) is 5. The summed E-state index contributed by atoms with van der Waals surface area (Å²) < 4.78 is 7.25. The van der Waals surface area contributed by atoms with Gasteiger partial charge >= 0.3 is 0 Å². The number of pyridine rings is 1. The van der Waals surface area contributed by atoms with Crippen LogP contribution < -0.4 is 15.6 Å². The van der Waals surface area contributed by atoms with Gasteiger partial charge in [-0.2, -0.15) is 5.10 Å². The van der Waals surface area contributed by atoms with Crippen molar-refractivity contribution in [1.82, 2.24) is 19.6 Å². The summed E-state index contributed by atoms with van der Waals surface area (Å²) in [7, 11) is 0. The zero-order valence-electron chi connectivity index (χ0n) is 16.5. The zero-order chi connectivity index (χ0) is 21.4. The van der Waals surface area contributed by atoms with Crippen molar-refractivity contribution in [2.75, 3.05) is 5.32 Å². The predicted molar refractivity (Wildman–Crippen MR) is 117 cm³/mol. The summed E-state index contributed by atoms with van der Waals surface area (Å²) in [6.07, 6.45) is 3.17. The molecule has 1 amide bonds. The molecule has 8 heteroatoms. The van der Waals surface area contributed by atoms with Crippen molar-refractivity contribution >= 4 is 28.1 Å². The van der Waals surface area contributed by atoms with Crippen LogP contribution in [0.15, 0.2) is 77.9 Å². The van der Waals surface area contributed by atoms with Crippen LogP contribution in [-0.4, -0.2) is 25.5 Å². The number of nitrogens with zero attached hydrogens (tertiary/aromatic N) is 3. The third-order valence-corrected chi connectivity index (χ3v) is 4.84. The number of fused-ring (bicyclic) bond motifs is 3. The van der Waals surface area contributed by atoms with Crippen LogP contribution in [0.2, 0.25) is 0 Å². The van der Waals surface area contributed by atoms with Crippen molar-refractivity contribution in [2.45, 2.75) is 6.92 Å². The number of carbonyl (C=O) groups is 1. The summed E-state index contributed by atoms with van der Waals surface area (Å²) in [5.41, 5.74) is 2.60. The fourth-order valence-electron chi connectivity index (χ4n) is 3.28. The molecule has 0 fully saturated rings. The maximum Gasteiger partial charge on any atom is 0.261 e. The van der Waals surface area contributed by atoms with Gasteiger partial charge in [-0.1, -0.05) is 18.2 Å².